The summed E-state index contributed by atoms with van der Waals surface area (Å²) >= 11 is 0. The third kappa shape index (κ3) is 12.2. The molecule has 0 saturated carbocycles. The molecular weight excluding hydrogens is 420 g/mol. The van der Waals surface area contributed by atoms with Gasteiger partial charge in [0.25, 0.3) is 0 Å². The number of carbonyl (C=O) groups excluding carboxylic acids is 4. The molecule has 32 heavy (non-hydrogen) atoms. The molecule has 184 valence electrons. The Balaban J connectivity index is 5.03. The van der Waals surface area contributed by atoms with Crippen LogP contribution in [0.4, 0.5) is 0 Å². The van der Waals surface area contributed by atoms with Crippen molar-refractivity contribution in [2.45, 2.75) is 83.5 Å². The number of nitrogens with one attached hydrogen (secondary N) is 3. The van der Waals surface area contributed by atoms with Crippen LogP contribution in [0.15, 0.2) is 0 Å². The van der Waals surface area contributed by atoms with E-state index in [0.717, 1.165) is 6.42 Å². The van der Waals surface area contributed by atoms with Gasteiger partial charge in [0.05, 0.1) is 6.04 Å². The molecule has 0 bridgehead atoms. The zero-order valence-corrected chi connectivity index (χ0v) is 19.1. The van der Waals surface area contributed by atoms with Gasteiger partial charge in [-0.05, 0) is 45.1 Å². The van der Waals surface area contributed by atoms with Crippen molar-refractivity contribution in [3.63, 3.8) is 0 Å². The molecule has 12 nitrogen and oxygen atoms in total. The fourth-order valence-corrected chi connectivity index (χ4v) is 2.84. The number of aliphatic carboxylic acids is 1. The van der Waals surface area contributed by atoms with Gasteiger partial charge in [-0.3, -0.25) is 19.2 Å². The summed E-state index contributed by atoms with van der Waals surface area (Å²) in [5.74, 6) is -3.83. The van der Waals surface area contributed by atoms with Gasteiger partial charge in [-0.1, -0.05) is 20.3 Å². The highest BCUT2D eigenvalue weighted by Gasteiger charge is 2.29. The molecule has 0 aliphatic heterocycles. The van der Waals surface area contributed by atoms with Gasteiger partial charge in [-0.2, -0.15) is 0 Å². The van der Waals surface area contributed by atoms with E-state index in [4.69, 9.17) is 17.2 Å². The normalized spacial score (nSPS) is 14.7. The largest absolute Gasteiger partial charge is 0.480 e. The van der Waals surface area contributed by atoms with Crippen LogP contribution in [0.5, 0.6) is 0 Å². The molecule has 0 radical (unpaired) electrons. The van der Waals surface area contributed by atoms with Crippen molar-refractivity contribution in [1.82, 2.24) is 16.0 Å². The van der Waals surface area contributed by atoms with E-state index in [1.54, 1.807) is 0 Å². The first-order valence-corrected chi connectivity index (χ1v) is 10.8. The van der Waals surface area contributed by atoms with E-state index in [2.05, 4.69) is 16.0 Å². The molecule has 10 N–H and O–H groups in total. The molecular formula is C20H38N6O6. The Morgan fingerprint density at radius 2 is 1.44 bits per heavy atom. The van der Waals surface area contributed by atoms with E-state index in [9.17, 15) is 29.1 Å². The first-order valence-electron chi connectivity index (χ1n) is 10.8. The second-order valence-electron chi connectivity index (χ2n) is 8.22. The highest BCUT2D eigenvalue weighted by atomic mass is 16.4. The maximum atomic E-state index is 12.7. The number of carbonyl (C=O) groups is 5. The van der Waals surface area contributed by atoms with Crippen molar-refractivity contribution in [2.75, 3.05) is 6.54 Å². The molecule has 4 amide bonds. The van der Waals surface area contributed by atoms with Crippen LogP contribution in [0.25, 0.3) is 0 Å². The van der Waals surface area contributed by atoms with Gasteiger partial charge < -0.3 is 38.3 Å². The minimum absolute atomic E-state index is 0.000752. The summed E-state index contributed by atoms with van der Waals surface area (Å²) in [6.07, 6.45) is 1.69. The Morgan fingerprint density at radius 1 is 0.844 bits per heavy atom. The van der Waals surface area contributed by atoms with Crippen molar-refractivity contribution < 1.29 is 29.1 Å². The number of primary amides is 1. The fraction of sp³-hybridized carbons (Fsp3) is 0.750. The summed E-state index contributed by atoms with van der Waals surface area (Å²) in [5, 5.41) is 16.7. The van der Waals surface area contributed by atoms with Gasteiger partial charge >= 0.3 is 5.97 Å². The van der Waals surface area contributed by atoms with Crippen molar-refractivity contribution in [2.24, 2.45) is 23.1 Å². The molecule has 0 heterocycles. The number of unbranched alkanes of at least 4 members (excludes halogenated alkanes) is 1. The quantitative estimate of drug-likeness (QED) is 0.132. The Labute approximate surface area is 188 Å². The van der Waals surface area contributed by atoms with Crippen LogP contribution in [-0.2, 0) is 24.0 Å². The molecule has 0 aliphatic rings. The lowest BCUT2D eigenvalue weighted by atomic mass is 10.0. The van der Waals surface area contributed by atoms with E-state index >= 15 is 0 Å². The van der Waals surface area contributed by atoms with Crippen LogP contribution in [0, 0.1) is 5.92 Å². The average molecular weight is 459 g/mol. The lowest BCUT2D eigenvalue weighted by Crippen LogP contribution is -2.56. The first kappa shape index (κ1) is 29.3. The van der Waals surface area contributed by atoms with Crippen LogP contribution in [-0.4, -0.2) is 65.4 Å². The topological polar surface area (TPSA) is 220 Å². The number of amides is 4. The van der Waals surface area contributed by atoms with Crippen molar-refractivity contribution in [3.05, 3.63) is 0 Å². The number of nitrogens with two attached hydrogens (primary N) is 3. The third-order valence-corrected chi connectivity index (χ3v) is 4.69. The van der Waals surface area contributed by atoms with E-state index in [0.29, 0.717) is 19.4 Å². The molecule has 12 heteroatoms. The van der Waals surface area contributed by atoms with Gasteiger partial charge in [0, 0.05) is 6.42 Å². The second kappa shape index (κ2) is 15.1. The first-order chi connectivity index (χ1) is 14.9. The van der Waals surface area contributed by atoms with Gasteiger partial charge in [0.1, 0.15) is 18.1 Å². The second-order valence-corrected chi connectivity index (χ2v) is 8.22. The molecule has 0 spiro atoms. The molecule has 0 aromatic carbocycles. The molecule has 4 unspecified atom stereocenters. The molecule has 0 aromatic heterocycles. The Morgan fingerprint density at radius 3 is 1.94 bits per heavy atom. The van der Waals surface area contributed by atoms with E-state index in [1.165, 1.54) is 6.92 Å². The van der Waals surface area contributed by atoms with Gasteiger partial charge in [0.15, 0.2) is 0 Å². The number of hydrogen-bond donors (Lipinski definition) is 7. The lowest BCUT2D eigenvalue weighted by molar-refractivity contribution is -0.142. The molecule has 0 fully saturated rings. The zero-order chi connectivity index (χ0) is 24.8. The van der Waals surface area contributed by atoms with Gasteiger partial charge in [-0.15, -0.1) is 0 Å². The third-order valence-electron chi connectivity index (χ3n) is 4.69. The van der Waals surface area contributed by atoms with Crippen LogP contribution in [0.3, 0.4) is 0 Å². The van der Waals surface area contributed by atoms with Crippen LogP contribution < -0.4 is 33.2 Å². The van der Waals surface area contributed by atoms with Crippen LogP contribution in [0.2, 0.25) is 0 Å². The van der Waals surface area contributed by atoms with Gasteiger partial charge in [0.2, 0.25) is 23.6 Å². The monoisotopic (exact) mass is 458 g/mol. The standard InChI is InChI=1S/C20H38N6O6/c1-11(2)10-15(19(30)25-14(20(31)32)7-8-16(23)27)26-17(28)12(3)24-18(29)13(22)6-4-5-9-21/h11-15H,4-10,21-22H2,1-3H3,(H2,23,27)(H,24,29)(H,25,30)(H,26,28)(H,31,32). The predicted molar refractivity (Wildman–Crippen MR) is 118 cm³/mol. The van der Waals surface area contributed by atoms with Gasteiger partial charge in [-0.25, -0.2) is 4.79 Å². The number of hydrogen-bond acceptors (Lipinski definition) is 7. The number of carboxylic acids is 1. The summed E-state index contributed by atoms with van der Waals surface area (Å²) in [6, 6.07) is -4.11. The van der Waals surface area contributed by atoms with Crippen LogP contribution in [0.1, 0.15) is 59.3 Å². The Bertz CT molecular complexity index is 656. The molecule has 4 atom stereocenters. The van der Waals surface area contributed by atoms with Crippen molar-refractivity contribution in [1.29, 1.82) is 0 Å². The molecule has 0 saturated heterocycles. The van der Waals surface area contributed by atoms with E-state index in [-0.39, 0.29) is 25.2 Å². The smallest absolute Gasteiger partial charge is 0.326 e. The van der Waals surface area contributed by atoms with E-state index < -0.39 is 53.8 Å². The summed E-state index contributed by atoms with van der Waals surface area (Å²) in [4.78, 5) is 59.7. The fourth-order valence-electron chi connectivity index (χ4n) is 2.84. The van der Waals surface area contributed by atoms with E-state index in [1.807, 2.05) is 13.8 Å². The van der Waals surface area contributed by atoms with Crippen LogP contribution >= 0.6 is 0 Å². The Hall–Kier alpha value is -2.73. The highest BCUT2D eigenvalue weighted by molar-refractivity contribution is 5.94. The summed E-state index contributed by atoms with van der Waals surface area (Å²) < 4.78 is 0. The highest BCUT2D eigenvalue weighted by Crippen LogP contribution is 2.07. The SMILES string of the molecule is CC(C)CC(NC(=O)C(C)NC(=O)C(N)CCCCN)C(=O)NC(CCC(N)=O)C(=O)O. The summed E-state index contributed by atoms with van der Waals surface area (Å²) in [6.45, 7) is 5.62. The number of carboxylic acid groups (broad SMARTS) is 1. The molecule has 0 aliphatic carbocycles. The van der Waals surface area contributed by atoms with Crippen molar-refractivity contribution in [3.8, 4) is 0 Å². The summed E-state index contributed by atoms with van der Waals surface area (Å²) in [5.41, 5.74) is 16.3. The maximum Gasteiger partial charge on any atom is 0.326 e. The number of rotatable bonds is 16. The molecule has 0 aromatic rings. The molecule has 0 rings (SSSR count). The lowest BCUT2D eigenvalue weighted by Gasteiger charge is -2.24. The minimum atomic E-state index is -1.33. The Kier molecular flexibility index (Phi) is 13.8. The maximum absolute atomic E-state index is 12.7. The average Bonchev–Trinajstić information content (AvgIpc) is 2.69. The predicted octanol–water partition coefficient (Wildman–Crippen LogP) is -1.69. The van der Waals surface area contributed by atoms with Crippen molar-refractivity contribution >= 4 is 29.6 Å². The minimum Gasteiger partial charge on any atom is -0.480 e. The summed E-state index contributed by atoms with van der Waals surface area (Å²) in [7, 11) is 0. The zero-order valence-electron chi connectivity index (χ0n) is 19.1.